The van der Waals surface area contributed by atoms with Crippen molar-refractivity contribution in [1.82, 2.24) is 14.7 Å². The van der Waals surface area contributed by atoms with Crippen LogP contribution in [-0.2, 0) is 13.1 Å². The van der Waals surface area contributed by atoms with Gasteiger partial charge >= 0.3 is 0 Å². The number of hydrogen-bond acceptors (Lipinski definition) is 3. The first-order chi connectivity index (χ1) is 11.0. The third-order valence-corrected chi connectivity index (χ3v) is 4.22. The van der Waals surface area contributed by atoms with E-state index in [0.29, 0.717) is 18.5 Å². The molecule has 1 N–H and O–H groups in total. The molecule has 0 unspecified atom stereocenters. The summed E-state index contributed by atoms with van der Waals surface area (Å²) in [5, 5.41) is 13.8. The van der Waals surface area contributed by atoms with E-state index >= 15 is 0 Å². The van der Waals surface area contributed by atoms with E-state index < -0.39 is 23.6 Å². The first-order valence-corrected chi connectivity index (χ1v) is 7.39. The number of aromatic nitrogens is 2. The first-order valence-electron chi connectivity index (χ1n) is 7.39. The number of hydrogen-bond donors (Lipinski definition) is 1. The van der Waals surface area contributed by atoms with Crippen LogP contribution in [0.25, 0.3) is 0 Å². The van der Waals surface area contributed by atoms with E-state index in [2.05, 4.69) is 5.10 Å². The van der Waals surface area contributed by atoms with E-state index in [9.17, 15) is 18.7 Å². The molecule has 0 aliphatic carbocycles. The van der Waals surface area contributed by atoms with Crippen LogP contribution >= 0.6 is 0 Å². The number of fused-ring (bicyclic) bond motifs is 1. The second-order valence-corrected chi connectivity index (χ2v) is 5.69. The molecule has 5 nitrogen and oxygen atoms in total. The minimum atomic E-state index is -1.06. The van der Waals surface area contributed by atoms with Crippen LogP contribution in [0.1, 0.15) is 28.0 Å². The fourth-order valence-corrected chi connectivity index (χ4v) is 2.89. The summed E-state index contributed by atoms with van der Waals surface area (Å²) < 4.78 is 28.6. The van der Waals surface area contributed by atoms with Gasteiger partial charge in [-0.1, -0.05) is 0 Å². The van der Waals surface area contributed by atoms with E-state index in [0.717, 1.165) is 17.8 Å². The molecule has 122 valence electrons. The Morgan fingerprint density at radius 1 is 1.39 bits per heavy atom. The number of rotatable bonds is 2. The predicted molar refractivity (Wildman–Crippen MR) is 78.7 cm³/mol. The fourth-order valence-electron chi connectivity index (χ4n) is 2.89. The molecular weight excluding hydrogens is 304 g/mol. The van der Waals surface area contributed by atoms with Gasteiger partial charge in [0, 0.05) is 18.3 Å². The minimum Gasteiger partial charge on any atom is -0.394 e. The average Bonchev–Trinajstić information content (AvgIpc) is 2.89. The van der Waals surface area contributed by atoms with Gasteiger partial charge < -0.3 is 10.0 Å². The van der Waals surface area contributed by atoms with Crippen molar-refractivity contribution in [3.05, 3.63) is 52.9 Å². The van der Waals surface area contributed by atoms with Crippen molar-refractivity contribution in [2.24, 2.45) is 0 Å². The number of benzene rings is 1. The maximum absolute atomic E-state index is 13.5. The second kappa shape index (κ2) is 6.08. The van der Waals surface area contributed by atoms with E-state index in [1.807, 2.05) is 0 Å². The van der Waals surface area contributed by atoms with Gasteiger partial charge in [0.2, 0.25) is 0 Å². The lowest BCUT2D eigenvalue weighted by molar-refractivity contribution is 0.0566. The molecule has 1 amide bonds. The van der Waals surface area contributed by atoms with Crippen molar-refractivity contribution < 1.29 is 18.7 Å². The van der Waals surface area contributed by atoms with Gasteiger partial charge in [-0.25, -0.2) is 8.78 Å². The zero-order valence-corrected chi connectivity index (χ0v) is 12.7. The Balaban J connectivity index is 1.97. The zero-order chi connectivity index (χ0) is 16.6. The molecule has 0 fully saturated rings. The summed E-state index contributed by atoms with van der Waals surface area (Å²) in [6.07, 6.45) is 2.19. The summed E-state index contributed by atoms with van der Waals surface area (Å²) in [5.74, 6) is -2.46. The van der Waals surface area contributed by atoms with E-state index in [1.165, 1.54) is 4.90 Å². The molecular formula is C16H17F2N3O2. The van der Waals surface area contributed by atoms with Crippen LogP contribution in [0.15, 0.2) is 24.4 Å². The fraction of sp³-hybridized carbons (Fsp3) is 0.375. The van der Waals surface area contributed by atoms with E-state index in [4.69, 9.17) is 0 Å². The molecule has 23 heavy (non-hydrogen) atoms. The number of nitrogens with zero attached hydrogens (tertiary/aromatic N) is 3. The molecule has 1 aromatic heterocycles. The molecule has 7 heteroatoms. The van der Waals surface area contributed by atoms with Crippen molar-refractivity contribution in [2.75, 3.05) is 6.61 Å². The number of carbonyl (C=O) groups excluding carboxylic acids is 1. The van der Waals surface area contributed by atoms with Gasteiger partial charge in [-0.2, -0.15) is 5.10 Å². The highest BCUT2D eigenvalue weighted by molar-refractivity contribution is 5.95. The van der Waals surface area contributed by atoms with Crippen LogP contribution < -0.4 is 0 Å². The average molecular weight is 321 g/mol. The lowest BCUT2D eigenvalue weighted by atomic mass is 10.0. The maximum atomic E-state index is 13.5. The third kappa shape index (κ3) is 2.84. The van der Waals surface area contributed by atoms with Gasteiger partial charge in [0.1, 0.15) is 0 Å². The SMILES string of the molecule is Cc1cc(F)c(F)cc1C(=O)N1Cc2ccnn2CC[C@H]1CO. The van der Waals surface area contributed by atoms with Crippen LogP contribution in [0.2, 0.25) is 0 Å². The Morgan fingerprint density at radius 3 is 2.87 bits per heavy atom. The molecule has 0 radical (unpaired) electrons. The summed E-state index contributed by atoms with van der Waals surface area (Å²) in [4.78, 5) is 14.3. The molecule has 1 aliphatic rings. The van der Waals surface area contributed by atoms with Crippen molar-refractivity contribution in [2.45, 2.75) is 32.5 Å². The van der Waals surface area contributed by atoms with Crippen LogP contribution in [0.4, 0.5) is 8.78 Å². The third-order valence-electron chi connectivity index (χ3n) is 4.22. The zero-order valence-electron chi connectivity index (χ0n) is 12.7. The van der Waals surface area contributed by atoms with Crippen molar-refractivity contribution in [3.63, 3.8) is 0 Å². The number of carbonyl (C=O) groups is 1. The Bertz CT molecular complexity index is 745. The van der Waals surface area contributed by atoms with Crippen molar-refractivity contribution in [1.29, 1.82) is 0 Å². The molecule has 2 heterocycles. The Labute approximate surface area is 132 Å². The van der Waals surface area contributed by atoms with Crippen LogP contribution in [-0.4, -0.2) is 38.3 Å². The predicted octanol–water partition coefficient (Wildman–Crippen LogP) is 1.88. The summed E-state index contributed by atoms with van der Waals surface area (Å²) in [5.41, 5.74) is 1.31. The normalized spacial score (nSPS) is 17.7. The number of aliphatic hydroxyl groups excluding tert-OH is 1. The van der Waals surface area contributed by atoms with Gasteiger partial charge in [-0.3, -0.25) is 9.48 Å². The van der Waals surface area contributed by atoms with Crippen LogP contribution in [0, 0.1) is 18.6 Å². The van der Waals surface area contributed by atoms with Gasteiger partial charge in [-0.05, 0) is 37.1 Å². The molecule has 0 spiro atoms. The van der Waals surface area contributed by atoms with Crippen molar-refractivity contribution in [3.8, 4) is 0 Å². The summed E-state index contributed by atoms with van der Waals surface area (Å²) in [6.45, 7) is 2.22. The van der Waals surface area contributed by atoms with Gasteiger partial charge in [-0.15, -0.1) is 0 Å². The minimum absolute atomic E-state index is 0.107. The molecule has 1 aromatic carbocycles. The monoisotopic (exact) mass is 321 g/mol. The number of aliphatic hydroxyl groups is 1. The number of halogens is 2. The molecule has 1 aliphatic heterocycles. The Morgan fingerprint density at radius 2 is 2.13 bits per heavy atom. The van der Waals surface area contributed by atoms with Gasteiger partial charge in [0.05, 0.1) is 24.9 Å². The Hall–Kier alpha value is -2.28. The molecule has 2 aromatic rings. The lowest BCUT2D eigenvalue weighted by Crippen LogP contribution is -2.41. The van der Waals surface area contributed by atoms with Crippen LogP contribution in [0.5, 0.6) is 0 Å². The van der Waals surface area contributed by atoms with Crippen molar-refractivity contribution >= 4 is 5.91 Å². The molecule has 1 atom stereocenters. The smallest absolute Gasteiger partial charge is 0.254 e. The molecule has 0 bridgehead atoms. The topological polar surface area (TPSA) is 58.4 Å². The first kappa shape index (κ1) is 15.6. The highest BCUT2D eigenvalue weighted by Crippen LogP contribution is 2.22. The highest BCUT2D eigenvalue weighted by Gasteiger charge is 2.29. The number of aryl methyl sites for hydroxylation is 2. The standard InChI is InChI=1S/C16H17F2N3O2/c1-10-6-14(17)15(18)7-13(10)16(23)20-8-11-2-4-19-21(11)5-3-12(20)9-22/h2,4,6-7,12,22H,3,5,8-9H2,1H3/t12-/m0/s1. The summed E-state index contributed by atoms with van der Waals surface area (Å²) in [7, 11) is 0. The van der Waals surface area contributed by atoms with Gasteiger partial charge in [0.25, 0.3) is 5.91 Å². The lowest BCUT2D eigenvalue weighted by Gasteiger charge is -2.29. The quantitative estimate of drug-likeness (QED) is 0.919. The molecule has 0 saturated heterocycles. The maximum Gasteiger partial charge on any atom is 0.254 e. The summed E-state index contributed by atoms with van der Waals surface area (Å²) in [6, 6.07) is 3.34. The van der Waals surface area contributed by atoms with E-state index in [1.54, 1.807) is 23.9 Å². The van der Waals surface area contributed by atoms with E-state index in [-0.39, 0.29) is 18.7 Å². The van der Waals surface area contributed by atoms with Crippen LogP contribution in [0.3, 0.4) is 0 Å². The number of amides is 1. The molecule has 0 saturated carbocycles. The van der Waals surface area contributed by atoms with Gasteiger partial charge in [0.15, 0.2) is 11.6 Å². The Kier molecular flexibility index (Phi) is 4.12. The highest BCUT2D eigenvalue weighted by atomic mass is 19.2. The largest absolute Gasteiger partial charge is 0.394 e. The second-order valence-electron chi connectivity index (χ2n) is 5.69. The summed E-state index contributed by atoms with van der Waals surface area (Å²) >= 11 is 0. The molecule has 3 rings (SSSR count).